The van der Waals surface area contributed by atoms with E-state index < -0.39 is 0 Å². The summed E-state index contributed by atoms with van der Waals surface area (Å²) in [5.41, 5.74) is 0.932. The highest BCUT2D eigenvalue weighted by molar-refractivity contribution is 5.75. The summed E-state index contributed by atoms with van der Waals surface area (Å²) in [7, 11) is 0. The average molecular weight is 343 g/mol. The Morgan fingerprint density at radius 2 is 2.12 bits per heavy atom. The summed E-state index contributed by atoms with van der Waals surface area (Å²) < 4.78 is 0. The van der Waals surface area contributed by atoms with Crippen molar-refractivity contribution >= 4 is 5.91 Å². The van der Waals surface area contributed by atoms with Crippen molar-refractivity contribution < 1.29 is 9.90 Å². The van der Waals surface area contributed by atoms with Crippen LogP contribution in [-0.2, 0) is 11.3 Å². The number of aliphatic hydroxyl groups excluding tert-OH is 1. The summed E-state index contributed by atoms with van der Waals surface area (Å²) in [5.74, 6) is 1.04. The molecular weight excluding hydrogens is 318 g/mol. The second-order valence-electron chi connectivity index (χ2n) is 6.67. The van der Waals surface area contributed by atoms with Crippen molar-refractivity contribution in [1.82, 2.24) is 25.5 Å². The van der Waals surface area contributed by atoms with E-state index in [9.17, 15) is 9.90 Å². The van der Waals surface area contributed by atoms with Gasteiger partial charge in [-0.3, -0.25) is 4.79 Å². The third-order valence-corrected chi connectivity index (χ3v) is 4.59. The largest absolute Gasteiger partial charge is 0.393 e. The Labute approximate surface area is 147 Å². The van der Waals surface area contributed by atoms with Crippen LogP contribution in [0.15, 0.2) is 30.3 Å². The number of aryl methyl sites for hydroxylation is 1. The van der Waals surface area contributed by atoms with E-state index in [0.717, 1.165) is 31.2 Å². The van der Waals surface area contributed by atoms with Crippen LogP contribution in [0.1, 0.15) is 38.5 Å². The van der Waals surface area contributed by atoms with Gasteiger partial charge in [-0.2, -0.15) is 4.80 Å². The Hall–Kier alpha value is -2.28. The molecule has 2 atom stereocenters. The zero-order valence-electron chi connectivity index (χ0n) is 14.3. The SMILES string of the molecule is O=C(CCCn1nnc(-c2ccccc2)n1)NCC1CCCC(O)C1. The number of rotatable bonds is 7. The molecule has 0 spiro atoms. The quantitative estimate of drug-likeness (QED) is 0.799. The molecule has 0 aliphatic heterocycles. The summed E-state index contributed by atoms with van der Waals surface area (Å²) >= 11 is 0. The topological polar surface area (TPSA) is 92.9 Å². The number of hydrogen-bond acceptors (Lipinski definition) is 5. The third-order valence-electron chi connectivity index (χ3n) is 4.59. The zero-order valence-corrected chi connectivity index (χ0v) is 14.3. The maximum atomic E-state index is 11.9. The summed E-state index contributed by atoms with van der Waals surface area (Å²) in [5, 5.41) is 25.1. The molecule has 1 aliphatic rings. The van der Waals surface area contributed by atoms with Crippen LogP contribution in [0.4, 0.5) is 0 Å². The second-order valence-corrected chi connectivity index (χ2v) is 6.67. The Balaban J connectivity index is 1.36. The van der Waals surface area contributed by atoms with Crippen LogP contribution >= 0.6 is 0 Å². The maximum absolute atomic E-state index is 11.9. The van der Waals surface area contributed by atoms with Gasteiger partial charge >= 0.3 is 0 Å². The predicted octanol–water partition coefficient (Wildman–Crippen LogP) is 1.79. The lowest BCUT2D eigenvalue weighted by Crippen LogP contribution is -2.32. The molecule has 134 valence electrons. The van der Waals surface area contributed by atoms with Gasteiger partial charge < -0.3 is 10.4 Å². The van der Waals surface area contributed by atoms with E-state index in [0.29, 0.717) is 37.7 Å². The molecule has 7 nitrogen and oxygen atoms in total. The van der Waals surface area contributed by atoms with E-state index in [1.165, 1.54) is 4.80 Å². The number of hydrogen-bond donors (Lipinski definition) is 2. The minimum absolute atomic E-state index is 0.0449. The van der Waals surface area contributed by atoms with Gasteiger partial charge in [-0.15, -0.1) is 10.2 Å². The Kier molecular flexibility index (Phi) is 6.11. The first kappa shape index (κ1) is 17.5. The number of benzene rings is 1. The van der Waals surface area contributed by atoms with Crippen LogP contribution in [0, 0.1) is 5.92 Å². The highest BCUT2D eigenvalue weighted by atomic mass is 16.3. The lowest BCUT2D eigenvalue weighted by Gasteiger charge is -2.25. The van der Waals surface area contributed by atoms with Crippen molar-refractivity contribution in [3.8, 4) is 11.4 Å². The third kappa shape index (κ3) is 5.35. The van der Waals surface area contributed by atoms with E-state index >= 15 is 0 Å². The van der Waals surface area contributed by atoms with Crippen LogP contribution in [0.3, 0.4) is 0 Å². The standard InChI is InChI=1S/C18H25N5O2/c24-16-9-4-6-14(12-16)13-19-17(25)10-5-11-23-21-18(20-22-23)15-7-2-1-3-8-15/h1-3,7-8,14,16,24H,4-6,9-13H2,(H,19,25). The molecule has 0 saturated heterocycles. The molecule has 1 saturated carbocycles. The first-order valence-electron chi connectivity index (χ1n) is 8.98. The van der Waals surface area contributed by atoms with Gasteiger partial charge in [0.1, 0.15) is 0 Å². The van der Waals surface area contributed by atoms with Crippen LogP contribution in [0.25, 0.3) is 11.4 Å². The molecule has 2 aromatic rings. The fraction of sp³-hybridized carbons (Fsp3) is 0.556. The van der Waals surface area contributed by atoms with Gasteiger partial charge in [0, 0.05) is 18.5 Å². The molecular formula is C18H25N5O2. The molecule has 0 radical (unpaired) electrons. The van der Waals surface area contributed by atoms with Gasteiger partial charge in [-0.1, -0.05) is 36.8 Å². The zero-order chi connectivity index (χ0) is 17.5. The Morgan fingerprint density at radius 1 is 1.28 bits per heavy atom. The Morgan fingerprint density at radius 3 is 2.92 bits per heavy atom. The molecule has 0 bridgehead atoms. The smallest absolute Gasteiger partial charge is 0.220 e. The summed E-state index contributed by atoms with van der Waals surface area (Å²) in [6, 6.07) is 9.70. The first-order valence-corrected chi connectivity index (χ1v) is 8.98. The van der Waals surface area contributed by atoms with E-state index in [-0.39, 0.29) is 12.0 Å². The fourth-order valence-corrected chi connectivity index (χ4v) is 3.22. The molecule has 1 aromatic heterocycles. The number of tetrazole rings is 1. The highest BCUT2D eigenvalue weighted by Crippen LogP contribution is 2.23. The number of aromatic nitrogens is 4. The predicted molar refractivity (Wildman–Crippen MR) is 93.5 cm³/mol. The van der Waals surface area contributed by atoms with Crippen molar-refractivity contribution in [3.63, 3.8) is 0 Å². The summed E-state index contributed by atoms with van der Waals surface area (Å²) in [4.78, 5) is 13.5. The molecule has 1 fully saturated rings. The van der Waals surface area contributed by atoms with Gasteiger partial charge in [0.25, 0.3) is 0 Å². The summed E-state index contributed by atoms with van der Waals surface area (Å²) in [6.45, 7) is 1.23. The van der Waals surface area contributed by atoms with Crippen molar-refractivity contribution in [2.75, 3.05) is 6.54 Å². The number of aliphatic hydroxyl groups is 1. The van der Waals surface area contributed by atoms with Gasteiger partial charge in [0.05, 0.1) is 12.6 Å². The van der Waals surface area contributed by atoms with E-state index in [1.54, 1.807) is 0 Å². The minimum Gasteiger partial charge on any atom is -0.393 e. The lowest BCUT2D eigenvalue weighted by molar-refractivity contribution is -0.121. The van der Waals surface area contributed by atoms with Crippen LogP contribution in [0.5, 0.6) is 0 Å². The van der Waals surface area contributed by atoms with Crippen molar-refractivity contribution in [3.05, 3.63) is 30.3 Å². The Bertz CT molecular complexity index is 673. The maximum Gasteiger partial charge on any atom is 0.220 e. The van der Waals surface area contributed by atoms with Gasteiger partial charge in [0.2, 0.25) is 11.7 Å². The fourth-order valence-electron chi connectivity index (χ4n) is 3.22. The van der Waals surface area contributed by atoms with Crippen LogP contribution in [-0.4, -0.2) is 43.9 Å². The lowest BCUT2D eigenvalue weighted by atomic mass is 9.87. The van der Waals surface area contributed by atoms with Crippen molar-refractivity contribution in [1.29, 1.82) is 0 Å². The van der Waals surface area contributed by atoms with Gasteiger partial charge in [-0.25, -0.2) is 0 Å². The van der Waals surface area contributed by atoms with Crippen LogP contribution < -0.4 is 5.32 Å². The average Bonchev–Trinajstić information content (AvgIpc) is 3.10. The molecule has 1 aliphatic carbocycles. The number of nitrogens with one attached hydrogen (secondary N) is 1. The minimum atomic E-state index is -0.201. The first-order chi connectivity index (χ1) is 12.2. The monoisotopic (exact) mass is 343 g/mol. The molecule has 2 N–H and O–H groups in total. The normalized spacial score (nSPS) is 20.4. The number of carbonyl (C=O) groups excluding carboxylic acids is 1. The van der Waals surface area contributed by atoms with Crippen molar-refractivity contribution in [2.24, 2.45) is 5.92 Å². The molecule has 7 heteroatoms. The van der Waals surface area contributed by atoms with Crippen LogP contribution in [0.2, 0.25) is 0 Å². The van der Waals surface area contributed by atoms with E-state index in [1.807, 2.05) is 30.3 Å². The highest BCUT2D eigenvalue weighted by Gasteiger charge is 2.20. The second kappa shape index (κ2) is 8.71. The molecule has 25 heavy (non-hydrogen) atoms. The van der Waals surface area contributed by atoms with Crippen molar-refractivity contribution in [2.45, 2.75) is 51.2 Å². The molecule has 1 aromatic carbocycles. The number of carbonyl (C=O) groups is 1. The van der Waals surface area contributed by atoms with E-state index in [2.05, 4.69) is 20.7 Å². The molecule has 2 unspecified atom stereocenters. The number of nitrogens with zero attached hydrogens (tertiary/aromatic N) is 4. The van der Waals surface area contributed by atoms with Gasteiger partial charge in [-0.05, 0) is 36.8 Å². The molecule has 3 rings (SSSR count). The summed E-state index contributed by atoms with van der Waals surface area (Å²) in [6.07, 6.45) is 4.73. The van der Waals surface area contributed by atoms with Gasteiger partial charge in [0.15, 0.2) is 0 Å². The molecule has 1 heterocycles. The van der Waals surface area contributed by atoms with E-state index in [4.69, 9.17) is 0 Å². The molecule has 1 amide bonds. The number of amides is 1.